The number of benzene rings is 1. The van der Waals surface area contributed by atoms with Crippen molar-refractivity contribution in [3.8, 4) is 0 Å². The Morgan fingerprint density at radius 2 is 1.94 bits per heavy atom. The Hall–Kier alpha value is -0.716. The summed E-state index contributed by atoms with van der Waals surface area (Å²) in [6.07, 6.45) is 1.03. The van der Waals surface area contributed by atoms with Gasteiger partial charge < -0.3 is 4.12 Å². The molecule has 0 bridgehead atoms. The van der Waals surface area contributed by atoms with Crippen molar-refractivity contribution in [2.24, 2.45) is 0 Å². The van der Waals surface area contributed by atoms with Gasteiger partial charge in [-0.1, -0.05) is 24.3 Å². The monoisotopic (exact) mass is 249 g/mol. The molecule has 0 aliphatic carbocycles. The van der Waals surface area contributed by atoms with E-state index in [1.165, 1.54) is 5.56 Å². The van der Waals surface area contributed by atoms with Gasteiger partial charge in [0, 0.05) is 5.56 Å². The summed E-state index contributed by atoms with van der Waals surface area (Å²) in [5.74, 6) is 0.126. The predicted octanol–water partition coefficient (Wildman–Crippen LogP) is 2.74. The van der Waals surface area contributed by atoms with Crippen LogP contribution < -0.4 is 0 Å². The molecule has 0 aliphatic heterocycles. The van der Waals surface area contributed by atoms with Crippen molar-refractivity contribution >= 4 is 24.6 Å². The van der Waals surface area contributed by atoms with Gasteiger partial charge in [0.15, 0.2) is 14.8 Å². The first-order valence-corrected chi connectivity index (χ1v) is 8.91. The van der Waals surface area contributed by atoms with Crippen LogP contribution in [0.3, 0.4) is 0 Å². The molecule has 16 heavy (non-hydrogen) atoms. The van der Waals surface area contributed by atoms with Crippen LogP contribution in [0, 0.1) is 0 Å². The third kappa shape index (κ3) is 4.87. The Kier molecular flexibility index (Phi) is 5.66. The van der Waals surface area contributed by atoms with Crippen molar-refractivity contribution in [2.75, 3.05) is 0 Å². The molecule has 1 aromatic carbocycles. The minimum Gasteiger partial charge on any atom is -0.456 e. The smallest absolute Gasteiger partial charge is 0.215 e. The normalized spacial score (nSPS) is 10.8. The van der Waals surface area contributed by atoms with E-state index in [1.54, 1.807) is 6.92 Å². The van der Waals surface area contributed by atoms with Crippen molar-refractivity contribution in [1.29, 1.82) is 0 Å². The quantitative estimate of drug-likeness (QED) is 0.440. The minimum atomic E-state index is -0.539. The number of carbonyl (C=O) groups is 1. The van der Waals surface area contributed by atoms with E-state index in [9.17, 15) is 4.79 Å². The fourth-order valence-corrected chi connectivity index (χ4v) is 3.25. The van der Waals surface area contributed by atoms with Crippen molar-refractivity contribution in [2.45, 2.75) is 32.5 Å². The lowest BCUT2D eigenvalue weighted by Crippen LogP contribution is -2.11. The number of ketones is 1. The van der Waals surface area contributed by atoms with Gasteiger partial charge in [0.05, 0.1) is 0 Å². The average Bonchev–Trinajstić information content (AvgIpc) is 2.25. The third-order valence-electron chi connectivity index (χ3n) is 2.15. The van der Waals surface area contributed by atoms with Crippen LogP contribution in [0.5, 0.6) is 0 Å². The lowest BCUT2D eigenvalue weighted by Gasteiger charge is -2.04. The van der Waals surface area contributed by atoms with Gasteiger partial charge in [-0.3, -0.25) is 4.79 Å². The summed E-state index contributed by atoms with van der Waals surface area (Å²) in [5, 5.41) is 0. The molecule has 4 heteroatoms. The van der Waals surface area contributed by atoms with Gasteiger partial charge in [0.25, 0.3) is 0 Å². The molecule has 85 valence electrons. The molecule has 2 nitrogen and oxygen atoms in total. The van der Waals surface area contributed by atoms with E-state index in [-0.39, 0.29) is 5.78 Å². The maximum atomic E-state index is 11.1. The van der Waals surface area contributed by atoms with Crippen LogP contribution in [0.15, 0.2) is 24.3 Å². The van der Waals surface area contributed by atoms with Crippen molar-refractivity contribution in [3.05, 3.63) is 35.4 Å². The summed E-state index contributed by atoms with van der Waals surface area (Å²) >= 11 is 0. The highest BCUT2D eigenvalue weighted by Crippen LogP contribution is 2.07. The highest BCUT2D eigenvalue weighted by Gasteiger charge is 2.01. The Morgan fingerprint density at radius 1 is 1.31 bits per heavy atom. The van der Waals surface area contributed by atoms with Crippen LogP contribution in [0.25, 0.3) is 0 Å². The molecule has 0 atom stereocenters. The van der Waals surface area contributed by atoms with E-state index in [1.807, 2.05) is 24.3 Å². The van der Waals surface area contributed by atoms with Gasteiger partial charge in [-0.15, -0.1) is 0 Å². The topological polar surface area (TPSA) is 26.3 Å². The van der Waals surface area contributed by atoms with E-state index >= 15 is 0 Å². The second kappa shape index (κ2) is 6.78. The number of Topliss-reactive ketones (excluding diaryl/α,β-unsaturated/α-hetero) is 1. The fourth-order valence-electron chi connectivity index (χ4n) is 1.30. The summed E-state index contributed by atoms with van der Waals surface area (Å²) < 4.78 is 5.60. The number of aryl methyl sites for hydroxylation is 1. The second-order valence-electron chi connectivity index (χ2n) is 3.91. The van der Waals surface area contributed by atoms with E-state index < -0.39 is 9.04 Å². The van der Waals surface area contributed by atoms with Gasteiger partial charge in [-0.2, -0.15) is 0 Å². The molecular formula is C12H17O2Si2. The van der Waals surface area contributed by atoms with Crippen LogP contribution in [-0.2, 0) is 10.5 Å². The molecule has 0 aromatic heterocycles. The predicted molar refractivity (Wildman–Crippen MR) is 69.3 cm³/mol. The summed E-state index contributed by atoms with van der Waals surface area (Å²) in [6, 6.07) is 8.94. The molecule has 0 aliphatic rings. The van der Waals surface area contributed by atoms with E-state index in [0.717, 1.165) is 18.0 Å². The average molecular weight is 249 g/mol. The lowest BCUT2D eigenvalue weighted by molar-refractivity contribution is 0.101. The van der Waals surface area contributed by atoms with E-state index in [0.29, 0.717) is 9.76 Å². The van der Waals surface area contributed by atoms with Gasteiger partial charge in [-0.05, 0) is 38.0 Å². The molecule has 0 fully saturated rings. The molecule has 1 aromatic rings. The van der Waals surface area contributed by atoms with Crippen molar-refractivity contribution in [1.82, 2.24) is 0 Å². The highest BCUT2D eigenvalue weighted by molar-refractivity contribution is 6.56. The van der Waals surface area contributed by atoms with Crippen LogP contribution in [0.4, 0.5) is 0 Å². The SMILES string of the molecule is CC(=O)c1ccc(CC[Si]O[Si](C)C)cc1. The fraction of sp³-hybridized carbons (Fsp3) is 0.417. The Labute approximate surface area is 102 Å². The first-order chi connectivity index (χ1) is 7.59. The summed E-state index contributed by atoms with van der Waals surface area (Å²) in [7, 11) is 0.0705. The lowest BCUT2D eigenvalue weighted by atomic mass is 10.1. The summed E-state index contributed by atoms with van der Waals surface area (Å²) in [5.41, 5.74) is 2.07. The van der Waals surface area contributed by atoms with Gasteiger partial charge in [0.1, 0.15) is 0 Å². The van der Waals surface area contributed by atoms with Crippen molar-refractivity contribution in [3.63, 3.8) is 0 Å². The molecule has 0 spiro atoms. The molecule has 0 unspecified atom stereocenters. The number of carbonyl (C=O) groups excluding carboxylic acids is 1. The molecule has 0 N–H and O–H groups in total. The molecule has 3 radical (unpaired) electrons. The van der Waals surface area contributed by atoms with Crippen molar-refractivity contribution < 1.29 is 8.91 Å². The van der Waals surface area contributed by atoms with Gasteiger partial charge in [0.2, 0.25) is 9.76 Å². The largest absolute Gasteiger partial charge is 0.456 e. The zero-order valence-corrected chi connectivity index (χ0v) is 12.0. The van der Waals surface area contributed by atoms with Crippen LogP contribution in [0.2, 0.25) is 19.1 Å². The second-order valence-corrected chi connectivity index (χ2v) is 7.33. The minimum absolute atomic E-state index is 0.126. The number of rotatable bonds is 6. The highest BCUT2D eigenvalue weighted by atomic mass is 28.3. The van der Waals surface area contributed by atoms with Crippen LogP contribution in [0.1, 0.15) is 22.8 Å². The molecule has 0 amide bonds. The first-order valence-electron chi connectivity index (χ1n) is 5.39. The Morgan fingerprint density at radius 3 is 2.44 bits per heavy atom. The van der Waals surface area contributed by atoms with E-state index in [4.69, 9.17) is 4.12 Å². The molecule has 0 saturated heterocycles. The first kappa shape index (κ1) is 13.3. The zero-order chi connectivity index (χ0) is 12.0. The molecule has 0 heterocycles. The summed E-state index contributed by atoms with van der Waals surface area (Å²) in [6.45, 7) is 5.90. The van der Waals surface area contributed by atoms with Gasteiger partial charge in [-0.25, -0.2) is 0 Å². The Balaban J connectivity index is 2.35. The zero-order valence-electron chi connectivity index (χ0n) is 10.0. The number of hydrogen-bond donors (Lipinski definition) is 0. The third-order valence-corrected chi connectivity index (χ3v) is 4.82. The standard InChI is InChI=1S/C12H17O2Si2/c1-10(13)12-6-4-11(5-7-12)8-9-15-14-16(2)3/h4-7H,8-9H2,1-3H3. The molecule has 1 rings (SSSR count). The molecular weight excluding hydrogens is 232 g/mol. The van der Waals surface area contributed by atoms with Crippen LogP contribution in [-0.4, -0.2) is 24.6 Å². The van der Waals surface area contributed by atoms with Crippen LogP contribution >= 0.6 is 0 Å². The maximum Gasteiger partial charge on any atom is 0.215 e. The van der Waals surface area contributed by atoms with E-state index in [2.05, 4.69) is 13.1 Å². The maximum absolute atomic E-state index is 11.1. The number of hydrogen-bond acceptors (Lipinski definition) is 2. The summed E-state index contributed by atoms with van der Waals surface area (Å²) in [4.78, 5) is 11.1. The van der Waals surface area contributed by atoms with Gasteiger partial charge >= 0.3 is 0 Å². The molecule has 0 saturated carbocycles. The Bertz CT molecular complexity index is 333.